The lowest BCUT2D eigenvalue weighted by Crippen LogP contribution is -2.50. The van der Waals surface area contributed by atoms with Crippen LogP contribution in [0.1, 0.15) is 39.3 Å². The SMILES string of the molecule is CCc1noc2ncc(C(=O)N3CCN(C(=O)c4ccc(C)o4)CC3)cc12. The summed E-state index contributed by atoms with van der Waals surface area (Å²) in [6, 6.07) is 5.23. The molecule has 1 aliphatic heterocycles. The van der Waals surface area contributed by atoms with E-state index in [-0.39, 0.29) is 11.8 Å². The Balaban J connectivity index is 1.45. The van der Waals surface area contributed by atoms with Crippen molar-refractivity contribution in [3.63, 3.8) is 0 Å². The van der Waals surface area contributed by atoms with Crippen LogP contribution in [0.4, 0.5) is 0 Å². The fourth-order valence-electron chi connectivity index (χ4n) is 3.25. The molecule has 0 bridgehead atoms. The molecule has 4 rings (SSSR count). The summed E-state index contributed by atoms with van der Waals surface area (Å²) in [5, 5.41) is 4.74. The monoisotopic (exact) mass is 368 g/mol. The molecule has 3 aromatic heterocycles. The molecule has 8 heteroatoms. The summed E-state index contributed by atoms with van der Waals surface area (Å²) in [4.78, 5) is 32.9. The largest absolute Gasteiger partial charge is 0.456 e. The average Bonchev–Trinajstić information content (AvgIpc) is 3.32. The highest BCUT2D eigenvalue weighted by molar-refractivity contribution is 5.97. The molecule has 27 heavy (non-hydrogen) atoms. The molecule has 0 aromatic carbocycles. The maximum atomic E-state index is 12.8. The second-order valence-corrected chi connectivity index (χ2v) is 6.55. The van der Waals surface area contributed by atoms with Gasteiger partial charge < -0.3 is 18.7 Å². The number of carbonyl (C=O) groups excluding carboxylic acids is 2. The highest BCUT2D eigenvalue weighted by Crippen LogP contribution is 2.20. The van der Waals surface area contributed by atoms with Crippen LogP contribution in [0.25, 0.3) is 11.1 Å². The van der Waals surface area contributed by atoms with Gasteiger partial charge in [-0.3, -0.25) is 9.59 Å². The van der Waals surface area contributed by atoms with Gasteiger partial charge in [-0.25, -0.2) is 4.98 Å². The predicted octanol–water partition coefficient (Wildman–Crippen LogP) is 2.28. The van der Waals surface area contributed by atoms with Crippen molar-refractivity contribution in [2.75, 3.05) is 26.2 Å². The molecule has 0 aliphatic carbocycles. The molecule has 0 radical (unpaired) electrons. The lowest BCUT2D eigenvalue weighted by Gasteiger charge is -2.34. The third kappa shape index (κ3) is 3.18. The number of fused-ring (bicyclic) bond motifs is 1. The molecule has 4 heterocycles. The van der Waals surface area contributed by atoms with Crippen LogP contribution in [-0.2, 0) is 6.42 Å². The minimum atomic E-state index is -0.143. The summed E-state index contributed by atoms with van der Waals surface area (Å²) in [6.07, 6.45) is 2.22. The van der Waals surface area contributed by atoms with E-state index < -0.39 is 0 Å². The molecule has 3 aromatic rings. The first kappa shape index (κ1) is 17.3. The number of carbonyl (C=O) groups is 2. The molecule has 0 N–H and O–H groups in total. The van der Waals surface area contributed by atoms with Crippen molar-refractivity contribution in [3.8, 4) is 0 Å². The second-order valence-electron chi connectivity index (χ2n) is 6.55. The zero-order chi connectivity index (χ0) is 19.0. The number of amides is 2. The van der Waals surface area contributed by atoms with Crippen LogP contribution in [0.15, 0.2) is 33.3 Å². The lowest BCUT2D eigenvalue weighted by atomic mass is 10.1. The van der Waals surface area contributed by atoms with Gasteiger partial charge in [0.2, 0.25) is 0 Å². The number of hydrogen-bond acceptors (Lipinski definition) is 6. The van der Waals surface area contributed by atoms with Crippen LogP contribution < -0.4 is 0 Å². The Kier molecular flexibility index (Phi) is 4.39. The second kappa shape index (κ2) is 6.86. The third-order valence-corrected chi connectivity index (χ3v) is 4.79. The molecular formula is C19H20N4O4. The number of pyridine rings is 1. The number of aromatic nitrogens is 2. The van der Waals surface area contributed by atoms with E-state index in [1.165, 1.54) is 6.20 Å². The van der Waals surface area contributed by atoms with E-state index in [2.05, 4.69) is 10.1 Å². The standard InChI is InChI=1S/C19H20N4O4/c1-3-15-14-10-13(11-20-17(14)27-21-15)18(24)22-6-8-23(9-7-22)19(25)16-5-4-12(2)26-16/h4-5,10-11H,3,6-9H2,1-2H3. The smallest absolute Gasteiger partial charge is 0.289 e. The fraction of sp³-hybridized carbons (Fsp3) is 0.368. The van der Waals surface area contributed by atoms with Gasteiger partial charge in [0.1, 0.15) is 5.76 Å². The van der Waals surface area contributed by atoms with Gasteiger partial charge in [0, 0.05) is 32.4 Å². The van der Waals surface area contributed by atoms with Crippen molar-refractivity contribution in [2.45, 2.75) is 20.3 Å². The predicted molar refractivity (Wildman–Crippen MR) is 96.4 cm³/mol. The molecule has 1 fully saturated rings. The van der Waals surface area contributed by atoms with Crippen molar-refractivity contribution in [1.29, 1.82) is 0 Å². The van der Waals surface area contributed by atoms with E-state index in [1.54, 1.807) is 34.9 Å². The number of piperazine rings is 1. The molecule has 0 atom stereocenters. The van der Waals surface area contributed by atoms with E-state index in [9.17, 15) is 9.59 Å². The molecule has 140 valence electrons. The Hall–Kier alpha value is -3.16. The Bertz CT molecular complexity index is 998. The maximum absolute atomic E-state index is 12.8. The summed E-state index contributed by atoms with van der Waals surface area (Å²) in [7, 11) is 0. The molecule has 8 nitrogen and oxygen atoms in total. The molecule has 2 amide bonds. The molecule has 0 spiro atoms. The molecule has 1 saturated heterocycles. The van der Waals surface area contributed by atoms with E-state index >= 15 is 0 Å². The third-order valence-electron chi connectivity index (χ3n) is 4.79. The lowest BCUT2D eigenvalue weighted by molar-refractivity contribution is 0.0517. The summed E-state index contributed by atoms with van der Waals surface area (Å²) >= 11 is 0. The van der Waals surface area contributed by atoms with Crippen LogP contribution in [0.5, 0.6) is 0 Å². The normalized spacial score (nSPS) is 14.7. The molecule has 0 saturated carbocycles. The van der Waals surface area contributed by atoms with Gasteiger partial charge in [-0.05, 0) is 31.5 Å². The summed E-state index contributed by atoms with van der Waals surface area (Å²) in [6.45, 7) is 5.64. The van der Waals surface area contributed by atoms with Crippen LogP contribution >= 0.6 is 0 Å². The Labute approximate surface area is 155 Å². The number of aryl methyl sites for hydroxylation is 2. The van der Waals surface area contributed by atoms with Crippen LogP contribution in [-0.4, -0.2) is 57.9 Å². The van der Waals surface area contributed by atoms with Crippen molar-refractivity contribution < 1.29 is 18.5 Å². The Morgan fingerprint density at radius 1 is 1.11 bits per heavy atom. The van der Waals surface area contributed by atoms with Gasteiger partial charge in [-0.15, -0.1) is 0 Å². The number of nitrogens with zero attached hydrogens (tertiary/aromatic N) is 4. The van der Waals surface area contributed by atoms with E-state index in [0.717, 1.165) is 11.1 Å². The fourth-order valence-corrected chi connectivity index (χ4v) is 3.25. The van der Waals surface area contributed by atoms with E-state index in [4.69, 9.17) is 8.94 Å². The minimum absolute atomic E-state index is 0.103. The highest BCUT2D eigenvalue weighted by Gasteiger charge is 2.27. The van der Waals surface area contributed by atoms with Crippen LogP contribution in [0.3, 0.4) is 0 Å². The van der Waals surface area contributed by atoms with Crippen molar-refractivity contribution in [2.24, 2.45) is 0 Å². The van der Waals surface area contributed by atoms with Gasteiger partial charge in [0.15, 0.2) is 5.76 Å². The molecule has 0 unspecified atom stereocenters. The topological polar surface area (TPSA) is 92.7 Å². The van der Waals surface area contributed by atoms with Gasteiger partial charge >= 0.3 is 0 Å². The average molecular weight is 368 g/mol. The van der Waals surface area contributed by atoms with Gasteiger partial charge in [-0.1, -0.05) is 12.1 Å². The zero-order valence-corrected chi connectivity index (χ0v) is 15.3. The molecule has 1 aliphatic rings. The molecular weight excluding hydrogens is 348 g/mol. The first-order valence-corrected chi connectivity index (χ1v) is 8.96. The van der Waals surface area contributed by atoms with Crippen molar-refractivity contribution in [3.05, 3.63) is 47.2 Å². The number of furan rings is 1. The van der Waals surface area contributed by atoms with Gasteiger partial charge in [0.25, 0.3) is 17.5 Å². The first-order chi connectivity index (χ1) is 13.1. The van der Waals surface area contributed by atoms with Crippen molar-refractivity contribution in [1.82, 2.24) is 19.9 Å². The number of hydrogen-bond donors (Lipinski definition) is 0. The summed E-state index contributed by atoms with van der Waals surface area (Å²) in [5.41, 5.74) is 1.73. The van der Waals surface area contributed by atoms with Crippen molar-refractivity contribution >= 4 is 22.9 Å². The Morgan fingerprint density at radius 3 is 2.44 bits per heavy atom. The first-order valence-electron chi connectivity index (χ1n) is 8.96. The Morgan fingerprint density at radius 2 is 1.81 bits per heavy atom. The minimum Gasteiger partial charge on any atom is -0.456 e. The maximum Gasteiger partial charge on any atom is 0.289 e. The quantitative estimate of drug-likeness (QED) is 0.704. The number of rotatable bonds is 3. The van der Waals surface area contributed by atoms with Crippen LogP contribution in [0, 0.1) is 6.92 Å². The van der Waals surface area contributed by atoms with Crippen LogP contribution in [0.2, 0.25) is 0 Å². The van der Waals surface area contributed by atoms with E-state index in [0.29, 0.717) is 55.4 Å². The van der Waals surface area contributed by atoms with E-state index in [1.807, 2.05) is 6.92 Å². The summed E-state index contributed by atoms with van der Waals surface area (Å²) in [5.74, 6) is 0.792. The van der Waals surface area contributed by atoms with Gasteiger partial charge in [-0.2, -0.15) is 0 Å². The van der Waals surface area contributed by atoms with Gasteiger partial charge in [0.05, 0.1) is 16.6 Å². The highest BCUT2D eigenvalue weighted by atomic mass is 16.5. The summed E-state index contributed by atoms with van der Waals surface area (Å²) < 4.78 is 10.6. The zero-order valence-electron chi connectivity index (χ0n) is 15.3.